The summed E-state index contributed by atoms with van der Waals surface area (Å²) >= 11 is 0. The number of benzene rings is 2. The third-order valence-corrected chi connectivity index (χ3v) is 4.97. The molecule has 140 valence electrons. The quantitative estimate of drug-likeness (QED) is 0.685. The lowest BCUT2D eigenvalue weighted by Gasteiger charge is -2.23. The summed E-state index contributed by atoms with van der Waals surface area (Å²) < 4.78 is 39.8. The second kappa shape index (κ2) is 7.84. The summed E-state index contributed by atoms with van der Waals surface area (Å²) in [6.07, 6.45) is 0.106. The van der Waals surface area contributed by atoms with Gasteiger partial charge in [0.15, 0.2) is 0 Å². The number of amides is 1. The first-order chi connectivity index (χ1) is 12.1. The molecule has 0 atom stereocenters. The van der Waals surface area contributed by atoms with Crippen LogP contribution in [-0.2, 0) is 21.2 Å². The fourth-order valence-corrected chi connectivity index (χ4v) is 3.22. The van der Waals surface area contributed by atoms with Crippen molar-refractivity contribution in [3.8, 4) is 0 Å². The maximum Gasteiger partial charge on any atom is 0.261 e. The number of sulfonamides is 1. The molecule has 0 aromatic heterocycles. The second-order valence-corrected chi connectivity index (χ2v) is 8.21. The predicted octanol–water partition coefficient (Wildman–Crippen LogP) is 2.06. The van der Waals surface area contributed by atoms with E-state index in [2.05, 4.69) is 10.0 Å². The minimum atomic E-state index is -3.82. The van der Waals surface area contributed by atoms with E-state index in [4.69, 9.17) is 5.11 Å². The number of hydrogen-bond acceptors (Lipinski definition) is 4. The highest BCUT2D eigenvalue weighted by molar-refractivity contribution is 7.92. The first kappa shape index (κ1) is 19.9. The van der Waals surface area contributed by atoms with E-state index in [1.807, 2.05) is 0 Å². The summed E-state index contributed by atoms with van der Waals surface area (Å²) in [5.41, 5.74) is 0.317. The van der Waals surface area contributed by atoms with Gasteiger partial charge in [0.05, 0.1) is 23.5 Å². The largest absolute Gasteiger partial charge is 0.394 e. The molecule has 0 aliphatic carbocycles. The summed E-state index contributed by atoms with van der Waals surface area (Å²) in [6, 6.07) is 10.9. The van der Waals surface area contributed by atoms with Gasteiger partial charge in [-0.2, -0.15) is 0 Å². The van der Waals surface area contributed by atoms with E-state index in [0.29, 0.717) is 11.3 Å². The maximum absolute atomic E-state index is 12.9. The Morgan fingerprint density at radius 3 is 2.19 bits per heavy atom. The number of aliphatic hydroxyl groups is 1. The molecule has 8 heteroatoms. The molecule has 0 spiro atoms. The molecule has 3 N–H and O–H groups in total. The highest BCUT2D eigenvalue weighted by Crippen LogP contribution is 2.17. The number of carbonyl (C=O) groups is 1. The van der Waals surface area contributed by atoms with Crippen molar-refractivity contribution in [1.29, 1.82) is 0 Å². The highest BCUT2D eigenvalue weighted by Gasteiger charge is 2.19. The molecule has 0 heterocycles. The van der Waals surface area contributed by atoms with Gasteiger partial charge in [0.2, 0.25) is 5.91 Å². The van der Waals surface area contributed by atoms with Crippen molar-refractivity contribution in [2.24, 2.45) is 0 Å². The van der Waals surface area contributed by atoms with Crippen LogP contribution < -0.4 is 10.0 Å². The molecule has 2 rings (SSSR count). The Bertz CT molecular complexity index is 863. The van der Waals surface area contributed by atoms with Crippen LogP contribution in [0.25, 0.3) is 0 Å². The second-order valence-electron chi connectivity index (χ2n) is 6.52. The molecule has 2 aromatic rings. The molecule has 0 aliphatic rings. The summed E-state index contributed by atoms with van der Waals surface area (Å²) in [5, 5.41) is 11.9. The number of hydrogen-bond donors (Lipinski definition) is 3. The molecule has 0 aliphatic heterocycles. The zero-order valence-corrected chi connectivity index (χ0v) is 15.3. The minimum Gasteiger partial charge on any atom is -0.394 e. The maximum atomic E-state index is 12.9. The number of rotatable bonds is 7. The zero-order valence-electron chi connectivity index (χ0n) is 14.5. The lowest BCUT2D eigenvalue weighted by molar-refractivity contribution is -0.122. The summed E-state index contributed by atoms with van der Waals surface area (Å²) in [7, 11) is -3.82. The van der Waals surface area contributed by atoms with Gasteiger partial charge in [0.25, 0.3) is 10.0 Å². The topological polar surface area (TPSA) is 95.5 Å². The fraction of sp³-hybridized carbons (Fsp3) is 0.278. The number of aliphatic hydroxyl groups excluding tert-OH is 1. The normalized spacial score (nSPS) is 11.8. The van der Waals surface area contributed by atoms with Crippen LogP contribution in [0.4, 0.5) is 10.1 Å². The molecule has 0 unspecified atom stereocenters. The Balaban J connectivity index is 2.03. The number of halogens is 1. The lowest BCUT2D eigenvalue weighted by Crippen LogP contribution is -2.46. The van der Waals surface area contributed by atoms with Gasteiger partial charge in [-0.3, -0.25) is 9.52 Å². The summed E-state index contributed by atoms with van der Waals surface area (Å²) in [5.74, 6) is -0.764. The van der Waals surface area contributed by atoms with Crippen LogP contribution in [-0.4, -0.2) is 31.6 Å². The van der Waals surface area contributed by atoms with Crippen molar-refractivity contribution in [2.45, 2.75) is 30.7 Å². The monoisotopic (exact) mass is 380 g/mol. The summed E-state index contributed by atoms with van der Waals surface area (Å²) in [4.78, 5) is 11.9. The van der Waals surface area contributed by atoms with Crippen LogP contribution in [0.2, 0.25) is 0 Å². The third kappa shape index (κ3) is 5.53. The van der Waals surface area contributed by atoms with E-state index in [-0.39, 0.29) is 23.8 Å². The van der Waals surface area contributed by atoms with E-state index in [1.165, 1.54) is 12.1 Å². The standard InChI is InChI=1S/C18H21FN2O4S/c1-18(2,12-22)20-17(23)11-13-3-7-15(8-4-13)21-26(24,25)16-9-5-14(19)6-10-16/h3-10,21-22H,11-12H2,1-2H3,(H,20,23). The van der Waals surface area contributed by atoms with Gasteiger partial charge in [0, 0.05) is 5.69 Å². The van der Waals surface area contributed by atoms with Crippen LogP contribution in [0.5, 0.6) is 0 Å². The first-order valence-electron chi connectivity index (χ1n) is 7.90. The summed E-state index contributed by atoms with van der Waals surface area (Å²) in [6.45, 7) is 3.24. The number of anilines is 1. The van der Waals surface area contributed by atoms with Crippen molar-refractivity contribution in [1.82, 2.24) is 5.32 Å². The van der Waals surface area contributed by atoms with Crippen molar-refractivity contribution in [3.05, 3.63) is 59.9 Å². The van der Waals surface area contributed by atoms with Gasteiger partial charge in [-0.1, -0.05) is 12.1 Å². The molecule has 0 saturated heterocycles. The predicted molar refractivity (Wildman–Crippen MR) is 96.7 cm³/mol. The Hall–Kier alpha value is -2.45. The minimum absolute atomic E-state index is 0.0476. The van der Waals surface area contributed by atoms with Crippen LogP contribution in [0.3, 0.4) is 0 Å². The van der Waals surface area contributed by atoms with E-state index >= 15 is 0 Å². The Labute approximate surface area is 152 Å². The average molecular weight is 380 g/mol. The van der Waals surface area contributed by atoms with Gasteiger partial charge in [-0.15, -0.1) is 0 Å². The van der Waals surface area contributed by atoms with E-state index in [9.17, 15) is 17.6 Å². The van der Waals surface area contributed by atoms with E-state index in [0.717, 1.165) is 12.1 Å². The molecule has 26 heavy (non-hydrogen) atoms. The van der Waals surface area contributed by atoms with Gasteiger partial charge in [-0.25, -0.2) is 12.8 Å². The lowest BCUT2D eigenvalue weighted by atomic mass is 10.1. The molecule has 0 saturated carbocycles. The fourth-order valence-electron chi connectivity index (χ4n) is 2.17. The molecular weight excluding hydrogens is 359 g/mol. The SMILES string of the molecule is CC(C)(CO)NC(=O)Cc1ccc(NS(=O)(=O)c2ccc(F)cc2)cc1. The van der Waals surface area contributed by atoms with Crippen molar-refractivity contribution in [3.63, 3.8) is 0 Å². The number of carbonyl (C=O) groups excluding carboxylic acids is 1. The molecular formula is C18H21FN2O4S. The smallest absolute Gasteiger partial charge is 0.261 e. The molecule has 0 bridgehead atoms. The van der Waals surface area contributed by atoms with Crippen LogP contribution in [0.1, 0.15) is 19.4 Å². The van der Waals surface area contributed by atoms with Gasteiger partial charge in [-0.05, 0) is 55.8 Å². The van der Waals surface area contributed by atoms with Crippen molar-refractivity contribution >= 4 is 21.6 Å². The van der Waals surface area contributed by atoms with Gasteiger partial charge in [0.1, 0.15) is 5.82 Å². The molecule has 0 fully saturated rings. The van der Waals surface area contributed by atoms with E-state index < -0.39 is 21.4 Å². The van der Waals surface area contributed by atoms with Crippen LogP contribution in [0, 0.1) is 5.82 Å². The molecule has 6 nitrogen and oxygen atoms in total. The van der Waals surface area contributed by atoms with Gasteiger partial charge < -0.3 is 10.4 Å². The Kier molecular flexibility index (Phi) is 5.99. The first-order valence-corrected chi connectivity index (χ1v) is 9.39. The van der Waals surface area contributed by atoms with Crippen molar-refractivity contribution in [2.75, 3.05) is 11.3 Å². The highest BCUT2D eigenvalue weighted by atomic mass is 32.2. The van der Waals surface area contributed by atoms with Crippen molar-refractivity contribution < 1.29 is 22.7 Å². The molecule has 0 radical (unpaired) electrons. The third-order valence-electron chi connectivity index (χ3n) is 3.57. The van der Waals surface area contributed by atoms with Gasteiger partial charge >= 0.3 is 0 Å². The Morgan fingerprint density at radius 1 is 1.08 bits per heavy atom. The average Bonchev–Trinajstić information content (AvgIpc) is 2.56. The zero-order chi connectivity index (χ0) is 19.4. The van der Waals surface area contributed by atoms with Crippen LogP contribution in [0.15, 0.2) is 53.4 Å². The molecule has 2 aromatic carbocycles. The van der Waals surface area contributed by atoms with E-state index in [1.54, 1.807) is 38.1 Å². The Morgan fingerprint density at radius 2 is 1.65 bits per heavy atom. The van der Waals surface area contributed by atoms with Crippen LogP contribution >= 0.6 is 0 Å². The number of nitrogens with one attached hydrogen (secondary N) is 2. The molecule has 1 amide bonds.